The van der Waals surface area contributed by atoms with Gasteiger partial charge in [0.2, 0.25) is 0 Å². The van der Waals surface area contributed by atoms with Gasteiger partial charge in [-0.05, 0) is 26.7 Å². The van der Waals surface area contributed by atoms with Crippen LogP contribution in [-0.2, 0) is 0 Å². The molecule has 0 aromatic heterocycles. The Hall–Kier alpha value is -0.0400. The first-order valence-electron chi connectivity index (χ1n) is 5.05. The molecule has 1 rings (SSSR count). The maximum Gasteiger partial charge on any atom is 0.00417 e. The van der Waals surface area contributed by atoms with Crippen LogP contribution in [0.25, 0.3) is 0 Å². The van der Waals surface area contributed by atoms with Crippen LogP contribution in [0.5, 0.6) is 0 Å². The van der Waals surface area contributed by atoms with Crippen molar-refractivity contribution in [2.24, 2.45) is 0 Å². The van der Waals surface area contributed by atoms with Gasteiger partial charge in [0.25, 0.3) is 0 Å². The zero-order valence-electron chi connectivity index (χ0n) is 9.07. The Morgan fingerprint density at radius 1 is 0.818 bits per heavy atom. The molecule has 1 N–H and O–H groups in total. The molecule has 2 unspecified atom stereocenters. The van der Waals surface area contributed by atoms with Gasteiger partial charge < -0.3 is 5.32 Å². The molecule has 1 fully saturated rings. The Morgan fingerprint density at radius 2 is 1.09 bits per heavy atom. The Morgan fingerprint density at radius 3 is 1.18 bits per heavy atom. The van der Waals surface area contributed by atoms with Crippen molar-refractivity contribution in [3.63, 3.8) is 0 Å². The number of rotatable bonds is 0. The molecule has 1 heterocycles. The van der Waals surface area contributed by atoms with E-state index in [1.165, 1.54) is 12.8 Å². The Bertz CT molecular complexity index is 53.9. The zero-order valence-corrected chi connectivity index (χ0v) is 9.07. The van der Waals surface area contributed by atoms with E-state index >= 15 is 0 Å². The van der Waals surface area contributed by atoms with E-state index in [2.05, 4.69) is 19.2 Å². The molecule has 1 aliphatic heterocycles. The highest BCUT2D eigenvalue weighted by molar-refractivity contribution is 4.76. The minimum Gasteiger partial charge on any atom is -0.312 e. The number of nitrogens with one attached hydrogen (secondary N) is 1. The fraction of sp³-hybridized carbons (Fsp3) is 1.00. The topological polar surface area (TPSA) is 12.0 Å². The van der Waals surface area contributed by atoms with Crippen molar-refractivity contribution in [1.82, 2.24) is 5.32 Å². The van der Waals surface area contributed by atoms with Gasteiger partial charge in [-0.15, -0.1) is 0 Å². The monoisotopic (exact) mass is 159 g/mol. The summed E-state index contributed by atoms with van der Waals surface area (Å²) < 4.78 is 0. The molecule has 0 aliphatic carbocycles. The van der Waals surface area contributed by atoms with E-state index in [1.54, 1.807) is 0 Å². The van der Waals surface area contributed by atoms with Gasteiger partial charge in [-0.2, -0.15) is 0 Å². The van der Waals surface area contributed by atoms with Gasteiger partial charge in [0.05, 0.1) is 0 Å². The van der Waals surface area contributed by atoms with E-state index in [9.17, 15) is 0 Å². The lowest BCUT2D eigenvalue weighted by Crippen LogP contribution is -2.23. The smallest absolute Gasteiger partial charge is 0.00417 e. The summed E-state index contributed by atoms with van der Waals surface area (Å²) in [5.41, 5.74) is 0. The third kappa shape index (κ3) is 7.86. The van der Waals surface area contributed by atoms with Gasteiger partial charge in [-0.1, -0.05) is 27.7 Å². The molecule has 0 aromatic carbocycles. The van der Waals surface area contributed by atoms with Crippen LogP contribution in [0.2, 0.25) is 0 Å². The van der Waals surface area contributed by atoms with Gasteiger partial charge >= 0.3 is 0 Å². The van der Waals surface area contributed by atoms with Gasteiger partial charge in [0.1, 0.15) is 0 Å². The van der Waals surface area contributed by atoms with Crippen LogP contribution in [0.1, 0.15) is 54.4 Å². The summed E-state index contributed by atoms with van der Waals surface area (Å²) in [6, 6.07) is 1.55. The molecule has 0 aromatic rings. The zero-order chi connectivity index (χ0) is 9.28. The molecule has 0 amide bonds. The molecule has 0 spiro atoms. The molecule has 11 heavy (non-hydrogen) atoms. The quantitative estimate of drug-likeness (QED) is 0.572. The molecule has 0 saturated carbocycles. The minimum absolute atomic E-state index is 0.773. The summed E-state index contributed by atoms with van der Waals surface area (Å²) in [7, 11) is 0. The van der Waals surface area contributed by atoms with Crippen molar-refractivity contribution in [1.29, 1.82) is 0 Å². The van der Waals surface area contributed by atoms with Crippen molar-refractivity contribution in [2.75, 3.05) is 0 Å². The van der Waals surface area contributed by atoms with E-state index in [0.717, 1.165) is 12.1 Å². The summed E-state index contributed by atoms with van der Waals surface area (Å²) >= 11 is 0. The van der Waals surface area contributed by atoms with Crippen molar-refractivity contribution >= 4 is 0 Å². The molecule has 0 bridgehead atoms. The highest BCUT2D eigenvalue weighted by Crippen LogP contribution is 2.09. The van der Waals surface area contributed by atoms with Crippen LogP contribution in [-0.4, -0.2) is 12.1 Å². The summed E-state index contributed by atoms with van der Waals surface area (Å²) in [5, 5.41) is 3.42. The lowest BCUT2D eigenvalue weighted by Gasteiger charge is -2.01. The van der Waals surface area contributed by atoms with E-state index < -0.39 is 0 Å². The first-order valence-corrected chi connectivity index (χ1v) is 5.05. The first-order chi connectivity index (χ1) is 5.29. The standard InChI is InChI=1S/C6H13N.2C2H6/c1-5-3-4-6(2)7-5;2*1-2/h5-7H,3-4H2,1-2H3;2*1-2H3. The molecule has 0 radical (unpaired) electrons. The van der Waals surface area contributed by atoms with Crippen molar-refractivity contribution in [3.05, 3.63) is 0 Å². The van der Waals surface area contributed by atoms with Crippen molar-refractivity contribution < 1.29 is 0 Å². The summed E-state index contributed by atoms with van der Waals surface area (Å²) in [4.78, 5) is 0. The van der Waals surface area contributed by atoms with Crippen LogP contribution in [0.15, 0.2) is 0 Å². The van der Waals surface area contributed by atoms with Crippen LogP contribution in [0, 0.1) is 0 Å². The predicted octanol–water partition coefficient (Wildman–Crippen LogP) is 3.20. The van der Waals surface area contributed by atoms with Crippen molar-refractivity contribution in [3.8, 4) is 0 Å². The van der Waals surface area contributed by atoms with E-state index in [1.807, 2.05) is 27.7 Å². The van der Waals surface area contributed by atoms with Crippen LogP contribution < -0.4 is 5.32 Å². The highest BCUT2D eigenvalue weighted by atomic mass is 15.0. The average Bonchev–Trinajstić information content (AvgIpc) is 2.43. The number of hydrogen-bond acceptors (Lipinski definition) is 1. The van der Waals surface area contributed by atoms with E-state index in [4.69, 9.17) is 0 Å². The molecule has 2 atom stereocenters. The normalized spacial score (nSPS) is 27.8. The molecule has 1 heteroatoms. The molecule has 1 saturated heterocycles. The maximum atomic E-state index is 3.42. The fourth-order valence-electron chi connectivity index (χ4n) is 1.15. The van der Waals surface area contributed by atoms with Gasteiger partial charge in [-0.25, -0.2) is 0 Å². The summed E-state index contributed by atoms with van der Waals surface area (Å²) in [6.07, 6.45) is 2.72. The molecular weight excluding hydrogens is 134 g/mol. The fourth-order valence-corrected chi connectivity index (χ4v) is 1.15. The highest BCUT2D eigenvalue weighted by Gasteiger charge is 2.14. The Labute approximate surface area is 72.6 Å². The summed E-state index contributed by atoms with van der Waals surface area (Å²) in [5.74, 6) is 0. The summed E-state index contributed by atoms with van der Waals surface area (Å²) in [6.45, 7) is 12.5. The van der Waals surface area contributed by atoms with Gasteiger partial charge in [0.15, 0.2) is 0 Å². The van der Waals surface area contributed by atoms with Crippen molar-refractivity contribution in [2.45, 2.75) is 66.5 Å². The van der Waals surface area contributed by atoms with Gasteiger partial charge in [-0.3, -0.25) is 0 Å². The third-order valence-corrected chi connectivity index (χ3v) is 1.60. The Balaban J connectivity index is 0. The third-order valence-electron chi connectivity index (χ3n) is 1.60. The second kappa shape index (κ2) is 9.96. The molecular formula is C10H25N. The Kier molecular flexibility index (Phi) is 12.3. The molecule has 1 aliphatic rings. The molecule has 70 valence electrons. The lowest BCUT2D eigenvalue weighted by molar-refractivity contribution is 0.596. The van der Waals surface area contributed by atoms with Crippen LogP contribution >= 0.6 is 0 Å². The van der Waals surface area contributed by atoms with E-state index in [0.29, 0.717) is 0 Å². The predicted molar refractivity (Wildman–Crippen MR) is 54.0 cm³/mol. The van der Waals surface area contributed by atoms with Crippen LogP contribution in [0.3, 0.4) is 0 Å². The lowest BCUT2D eigenvalue weighted by atomic mass is 10.2. The largest absolute Gasteiger partial charge is 0.312 e. The number of hydrogen-bond donors (Lipinski definition) is 1. The SMILES string of the molecule is CC.CC.CC1CCC(C)N1. The maximum absolute atomic E-state index is 3.42. The van der Waals surface area contributed by atoms with E-state index in [-0.39, 0.29) is 0 Å². The van der Waals surface area contributed by atoms with Crippen LogP contribution in [0.4, 0.5) is 0 Å². The molecule has 1 nitrogen and oxygen atoms in total. The second-order valence-electron chi connectivity index (χ2n) is 2.55. The minimum atomic E-state index is 0.773. The van der Waals surface area contributed by atoms with Gasteiger partial charge in [0, 0.05) is 12.1 Å². The average molecular weight is 159 g/mol. The first kappa shape index (κ1) is 13.5. The second-order valence-corrected chi connectivity index (χ2v) is 2.55.